The zero-order chi connectivity index (χ0) is 12.4. The number of nitrogens with zero attached hydrogens (tertiary/aromatic N) is 1. The molecule has 2 atom stereocenters. The van der Waals surface area contributed by atoms with E-state index in [1.165, 1.54) is 43.7 Å². The molecule has 0 radical (unpaired) electrons. The SMILES string of the molecule is COC1(C)CCCN(C2(CN)CCCSC2)C1. The summed E-state index contributed by atoms with van der Waals surface area (Å²) in [5.41, 5.74) is 6.37. The Hall–Kier alpha value is 0.230. The smallest absolute Gasteiger partial charge is 0.0777 e. The summed E-state index contributed by atoms with van der Waals surface area (Å²) in [4.78, 5) is 2.62. The molecule has 2 aliphatic heterocycles. The van der Waals surface area contributed by atoms with Gasteiger partial charge in [0.25, 0.3) is 0 Å². The number of rotatable bonds is 3. The van der Waals surface area contributed by atoms with Crippen molar-refractivity contribution in [3.63, 3.8) is 0 Å². The van der Waals surface area contributed by atoms with Crippen molar-refractivity contribution in [1.29, 1.82) is 0 Å². The summed E-state index contributed by atoms with van der Waals surface area (Å²) in [6, 6.07) is 0. The van der Waals surface area contributed by atoms with E-state index in [4.69, 9.17) is 10.5 Å². The van der Waals surface area contributed by atoms with E-state index in [0.717, 1.165) is 13.1 Å². The quantitative estimate of drug-likeness (QED) is 0.836. The van der Waals surface area contributed by atoms with Crippen molar-refractivity contribution in [3.05, 3.63) is 0 Å². The second-order valence-corrected chi connectivity index (χ2v) is 6.87. The Kier molecular flexibility index (Phi) is 4.40. The molecule has 0 amide bonds. The molecule has 4 heteroatoms. The van der Waals surface area contributed by atoms with Crippen LogP contribution in [-0.4, -0.2) is 54.3 Å². The number of nitrogens with two attached hydrogens (primary N) is 1. The first kappa shape index (κ1) is 13.7. The molecule has 2 heterocycles. The van der Waals surface area contributed by atoms with Crippen LogP contribution in [0.3, 0.4) is 0 Å². The second kappa shape index (κ2) is 5.47. The summed E-state index contributed by atoms with van der Waals surface area (Å²) in [5, 5.41) is 0. The molecule has 2 aliphatic rings. The fourth-order valence-electron chi connectivity index (χ4n) is 3.15. The van der Waals surface area contributed by atoms with Crippen LogP contribution in [0.1, 0.15) is 32.6 Å². The molecular formula is C13H26N2OS. The lowest BCUT2D eigenvalue weighted by Gasteiger charge is -2.51. The van der Waals surface area contributed by atoms with Gasteiger partial charge in [-0.15, -0.1) is 0 Å². The third-order valence-electron chi connectivity index (χ3n) is 4.50. The maximum absolute atomic E-state index is 6.10. The average Bonchev–Trinajstić information content (AvgIpc) is 2.39. The summed E-state index contributed by atoms with van der Waals surface area (Å²) in [6.45, 7) is 5.26. The van der Waals surface area contributed by atoms with E-state index in [0.29, 0.717) is 0 Å². The number of methoxy groups -OCH3 is 1. The van der Waals surface area contributed by atoms with Crippen LogP contribution in [0, 0.1) is 0 Å². The maximum Gasteiger partial charge on any atom is 0.0777 e. The minimum atomic E-state index is 0.0303. The van der Waals surface area contributed by atoms with Crippen molar-refractivity contribution in [2.45, 2.75) is 43.7 Å². The highest BCUT2D eigenvalue weighted by molar-refractivity contribution is 7.99. The van der Waals surface area contributed by atoms with Crippen molar-refractivity contribution >= 4 is 11.8 Å². The standard InChI is InChI=1S/C13H26N2OS/c1-12(16-2)5-3-7-15(10-12)13(9-14)6-4-8-17-11-13/h3-11,14H2,1-2H3. The number of piperidine rings is 1. The number of hydrogen-bond acceptors (Lipinski definition) is 4. The van der Waals surface area contributed by atoms with Gasteiger partial charge in [0.15, 0.2) is 0 Å². The van der Waals surface area contributed by atoms with Crippen LogP contribution in [0.25, 0.3) is 0 Å². The zero-order valence-corrected chi connectivity index (χ0v) is 12.0. The molecule has 2 fully saturated rings. The summed E-state index contributed by atoms with van der Waals surface area (Å²) >= 11 is 2.07. The highest BCUT2D eigenvalue weighted by Gasteiger charge is 2.42. The first-order chi connectivity index (χ1) is 8.14. The van der Waals surface area contributed by atoms with E-state index >= 15 is 0 Å². The second-order valence-electron chi connectivity index (χ2n) is 5.76. The first-order valence-electron chi connectivity index (χ1n) is 6.72. The number of ether oxygens (including phenoxy) is 1. The van der Waals surface area contributed by atoms with Gasteiger partial charge in [-0.3, -0.25) is 4.90 Å². The van der Waals surface area contributed by atoms with E-state index in [-0.39, 0.29) is 11.1 Å². The Morgan fingerprint density at radius 2 is 2.18 bits per heavy atom. The lowest BCUT2D eigenvalue weighted by atomic mass is 9.86. The molecule has 0 saturated carbocycles. The topological polar surface area (TPSA) is 38.5 Å². The van der Waals surface area contributed by atoms with E-state index in [1.807, 2.05) is 7.11 Å². The number of likely N-dealkylation sites (tertiary alicyclic amines) is 1. The molecular weight excluding hydrogens is 232 g/mol. The van der Waals surface area contributed by atoms with Crippen LogP contribution < -0.4 is 5.73 Å². The lowest BCUT2D eigenvalue weighted by molar-refractivity contribution is -0.0777. The summed E-state index contributed by atoms with van der Waals surface area (Å²) in [5.74, 6) is 2.50. The number of thioether (sulfide) groups is 1. The van der Waals surface area contributed by atoms with Crippen LogP contribution in [0.4, 0.5) is 0 Å². The fourth-order valence-corrected chi connectivity index (χ4v) is 4.47. The maximum atomic E-state index is 6.10. The van der Waals surface area contributed by atoms with Gasteiger partial charge in [-0.1, -0.05) is 0 Å². The van der Waals surface area contributed by atoms with Crippen LogP contribution in [0.15, 0.2) is 0 Å². The molecule has 2 N–H and O–H groups in total. The van der Waals surface area contributed by atoms with Crippen molar-refractivity contribution in [2.24, 2.45) is 5.73 Å². The lowest BCUT2D eigenvalue weighted by Crippen LogP contribution is -2.62. The Morgan fingerprint density at radius 1 is 1.35 bits per heavy atom. The molecule has 17 heavy (non-hydrogen) atoms. The van der Waals surface area contributed by atoms with Gasteiger partial charge in [-0.25, -0.2) is 0 Å². The predicted octanol–water partition coefficient (Wildman–Crippen LogP) is 1.71. The molecule has 0 spiro atoms. The van der Waals surface area contributed by atoms with Gasteiger partial charge in [0.1, 0.15) is 0 Å². The third-order valence-corrected chi connectivity index (χ3v) is 5.82. The first-order valence-corrected chi connectivity index (χ1v) is 7.88. The third kappa shape index (κ3) is 2.80. The molecule has 0 aliphatic carbocycles. The summed E-state index contributed by atoms with van der Waals surface area (Å²) < 4.78 is 5.70. The van der Waals surface area contributed by atoms with E-state index in [2.05, 4.69) is 23.6 Å². The largest absolute Gasteiger partial charge is 0.377 e. The van der Waals surface area contributed by atoms with E-state index in [1.54, 1.807) is 0 Å². The van der Waals surface area contributed by atoms with Gasteiger partial charge in [0, 0.05) is 31.5 Å². The molecule has 0 aromatic heterocycles. The molecule has 3 nitrogen and oxygen atoms in total. The van der Waals surface area contributed by atoms with Crippen molar-refractivity contribution in [2.75, 3.05) is 38.2 Å². The van der Waals surface area contributed by atoms with Gasteiger partial charge >= 0.3 is 0 Å². The Balaban J connectivity index is 2.08. The Morgan fingerprint density at radius 3 is 2.76 bits per heavy atom. The highest BCUT2D eigenvalue weighted by atomic mass is 32.2. The van der Waals surface area contributed by atoms with Gasteiger partial charge in [0.05, 0.1) is 5.60 Å². The Labute approximate surface area is 109 Å². The van der Waals surface area contributed by atoms with Gasteiger partial charge in [-0.05, 0) is 44.9 Å². The van der Waals surface area contributed by atoms with Crippen LogP contribution in [0.5, 0.6) is 0 Å². The van der Waals surface area contributed by atoms with Gasteiger partial charge in [0.2, 0.25) is 0 Å². The predicted molar refractivity (Wildman–Crippen MR) is 74.6 cm³/mol. The fraction of sp³-hybridized carbons (Fsp3) is 1.00. The average molecular weight is 258 g/mol. The molecule has 100 valence electrons. The zero-order valence-electron chi connectivity index (χ0n) is 11.2. The summed E-state index contributed by atoms with van der Waals surface area (Å²) in [6.07, 6.45) is 4.98. The van der Waals surface area contributed by atoms with Gasteiger partial charge in [-0.2, -0.15) is 11.8 Å². The minimum Gasteiger partial charge on any atom is -0.377 e. The molecule has 0 aromatic rings. The van der Waals surface area contributed by atoms with Gasteiger partial charge < -0.3 is 10.5 Å². The molecule has 0 aromatic carbocycles. The molecule has 2 rings (SSSR count). The molecule has 2 unspecified atom stereocenters. The van der Waals surface area contributed by atoms with E-state index < -0.39 is 0 Å². The van der Waals surface area contributed by atoms with Crippen molar-refractivity contribution < 1.29 is 4.74 Å². The molecule has 2 saturated heterocycles. The number of hydrogen-bond donors (Lipinski definition) is 1. The Bertz CT molecular complexity index is 256. The van der Waals surface area contributed by atoms with Crippen LogP contribution >= 0.6 is 11.8 Å². The van der Waals surface area contributed by atoms with Crippen molar-refractivity contribution in [3.8, 4) is 0 Å². The molecule has 0 bridgehead atoms. The van der Waals surface area contributed by atoms with Crippen LogP contribution in [-0.2, 0) is 4.74 Å². The van der Waals surface area contributed by atoms with E-state index in [9.17, 15) is 0 Å². The van der Waals surface area contributed by atoms with Crippen molar-refractivity contribution in [1.82, 2.24) is 4.90 Å². The highest BCUT2D eigenvalue weighted by Crippen LogP contribution is 2.36. The minimum absolute atomic E-state index is 0.0303. The monoisotopic (exact) mass is 258 g/mol. The van der Waals surface area contributed by atoms with Crippen LogP contribution in [0.2, 0.25) is 0 Å². The summed E-state index contributed by atoms with van der Waals surface area (Å²) in [7, 11) is 1.84. The normalized spacial score (nSPS) is 40.4.